The summed E-state index contributed by atoms with van der Waals surface area (Å²) in [5.74, 6) is 0.736. The molecule has 0 spiro atoms. The first-order valence-electron chi connectivity index (χ1n) is 2.79. The van der Waals surface area contributed by atoms with Crippen LogP contribution in [-0.4, -0.2) is 0 Å². The van der Waals surface area contributed by atoms with Gasteiger partial charge in [-0.3, -0.25) is 0 Å². The molecule has 0 fully saturated rings. The second-order valence-electron chi connectivity index (χ2n) is 2.31. The number of hydrogen-bond donors (Lipinski definition) is 0. The molecule has 0 aromatic heterocycles. The lowest BCUT2D eigenvalue weighted by Gasteiger charge is -1.88. The van der Waals surface area contributed by atoms with Gasteiger partial charge in [0, 0.05) is 0 Å². The number of hydrogen-bond acceptors (Lipinski definition) is 0. The number of rotatable bonds is 0. The summed E-state index contributed by atoms with van der Waals surface area (Å²) < 4.78 is 0. The van der Waals surface area contributed by atoms with Gasteiger partial charge in [0.1, 0.15) is 0 Å². The highest BCUT2D eigenvalue weighted by atomic mass is 14.1. The minimum atomic E-state index is 0.736. The molecular weight excluding hydrogens is 84.1 g/mol. The standard InChI is InChI=1S/C7H11/c1-6-3-4-7(2)5-6/h3,5-6H,4H2,1-2H3. The summed E-state index contributed by atoms with van der Waals surface area (Å²) in [4.78, 5) is 0. The fourth-order valence-corrected chi connectivity index (χ4v) is 0.957. The van der Waals surface area contributed by atoms with Gasteiger partial charge in [-0.15, -0.1) is 0 Å². The van der Waals surface area contributed by atoms with Gasteiger partial charge in [0.2, 0.25) is 0 Å². The van der Waals surface area contributed by atoms with Crippen LogP contribution >= 0.6 is 0 Å². The van der Waals surface area contributed by atoms with Crippen molar-refractivity contribution in [3.63, 3.8) is 0 Å². The first-order chi connectivity index (χ1) is 3.29. The van der Waals surface area contributed by atoms with Crippen molar-refractivity contribution in [1.82, 2.24) is 0 Å². The van der Waals surface area contributed by atoms with Crippen molar-refractivity contribution in [2.24, 2.45) is 5.92 Å². The lowest BCUT2D eigenvalue weighted by molar-refractivity contribution is 0.870. The molecule has 1 unspecified atom stereocenters. The Balaban J connectivity index is 2.50. The zero-order valence-electron chi connectivity index (χ0n) is 4.94. The monoisotopic (exact) mass is 95.1 g/mol. The maximum atomic E-state index is 2.33. The molecular formula is C7H11. The Kier molecular flexibility index (Phi) is 1.18. The normalized spacial score (nSPS) is 30.6. The zero-order valence-corrected chi connectivity index (χ0v) is 4.94. The van der Waals surface area contributed by atoms with E-state index in [9.17, 15) is 0 Å². The van der Waals surface area contributed by atoms with Crippen molar-refractivity contribution in [2.45, 2.75) is 20.3 Å². The van der Waals surface area contributed by atoms with Crippen LogP contribution in [-0.2, 0) is 0 Å². The molecule has 0 bridgehead atoms. The fraction of sp³-hybridized carbons (Fsp3) is 0.571. The van der Waals surface area contributed by atoms with Gasteiger partial charge in [0.15, 0.2) is 0 Å². The van der Waals surface area contributed by atoms with E-state index in [1.54, 1.807) is 0 Å². The van der Waals surface area contributed by atoms with Gasteiger partial charge in [0.25, 0.3) is 0 Å². The van der Waals surface area contributed by atoms with Crippen molar-refractivity contribution in [3.8, 4) is 0 Å². The van der Waals surface area contributed by atoms with E-state index in [2.05, 4.69) is 26.3 Å². The Morgan fingerprint density at radius 1 is 1.71 bits per heavy atom. The molecule has 1 rings (SSSR count). The predicted molar refractivity (Wildman–Crippen MR) is 31.8 cm³/mol. The van der Waals surface area contributed by atoms with Crippen molar-refractivity contribution >= 4 is 0 Å². The molecule has 1 aliphatic rings. The molecule has 0 saturated heterocycles. The minimum Gasteiger partial charge on any atom is -0.0825 e. The van der Waals surface area contributed by atoms with Crippen LogP contribution in [0.15, 0.2) is 11.6 Å². The second-order valence-corrected chi connectivity index (χ2v) is 2.31. The summed E-state index contributed by atoms with van der Waals surface area (Å²) in [5.41, 5.74) is 1.52. The highest BCUT2D eigenvalue weighted by Gasteiger charge is 2.05. The maximum absolute atomic E-state index is 2.33. The van der Waals surface area contributed by atoms with Crippen LogP contribution in [0.3, 0.4) is 0 Å². The van der Waals surface area contributed by atoms with Crippen LogP contribution in [0.1, 0.15) is 20.3 Å². The van der Waals surface area contributed by atoms with Crippen molar-refractivity contribution in [3.05, 3.63) is 18.1 Å². The van der Waals surface area contributed by atoms with E-state index in [-0.39, 0.29) is 0 Å². The highest BCUT2D eigenvalue weighted by Crippen LogP contribution is 2.20. The van der Waals surface area contributed by atoms with Crippen LogP contribution in [0, 0.1) is 12.3 Å². The smallest absolute Gasteiger partial charge is 0.0225 e. The van der Waals surface area contributed by atoms with E-state index in [1.165, 1.54) is 12.0 Å². The lowest BCUT2D eigenvalue weighted by Crippen LogP contribution is -1.78. The van der Waals surface area contributed by atoms with Crippen LogP contribution < -0.4 is 0 Å². The molecule has 0 aliphatic heterocycles. The van der Waals surface area contributed by atoms with Gasteiger partial charge >= 0.3 is 0 Å². The SMILES string of the molecule is CC1=CC(C)[CH]C1. The second kappa shape index (κ2) is 1.69. The predicted octanol–water partition coefficient (Wildman–Crippen LogP) is 2.18. The average molecular weight is 95.2 g/mol. The summed E-state index contributed by atoms with van der Waals surface area (Å²) in [7, 11) is 0. The van der Waals surface area contributed by atoms with E-state index in [0.29, 0.717) is 0 Å². The Hall–Kier alpha value is -0.260. The molecule has 0 saturated carbocycles. The highest BCUT2D eigenvalue weighted by molar-refractivity contribution is 5.14. The summed E-state index contributed by atoms with van der Waals surface area (Å²) >= 11 is 0. The third kappa shape index (κ3) is 1.05. The van der Waals surface area contributed by atoms with Crippen LogP contribution in [0.4, 0.5) is 0 Å². The van der Waals surface area contributed by atoms with E-state index in [0.717, 1.165) is 5.92 Å². The molecule has 39 valence electrons. The van der Waals surface area contributed by atoms with E-state index < -0.39 is 0 Å². The molecule has 0 nitrogen and oxygen atoms in total. The number of allylic oxidation sites excluding steroid dienone is 2. The summed E-state index contributed by atoms with van der Waals surface area (Å²) in [6.45, 7) is 4.40. The van der Waals surface area contributed by atoms with Gasteiger partial charge in [-0.25, -0.2) is 0 Å². The van der Waals surface area contributed by atoms with Gasteiger partial charge in [0.05, 0.1) is 0 Å². The minimum absolute atomic E-state index is 0.736. The van der Waals surface area contributed by atoms with Crippen molar-refractivity contribution in [1.29, 1.82) is 0 Å². The molecule has 0 amide bonds. The van der Waals surface area contributed by atoms with E-state index in [1.807, 2.05) is 0 Å². The van der Waals surface area contributed by atoms with Crippen LogP contribution in [0.5, 0.6) is 0 Å². The molecule has 0 heteroatoms. The van der Waals surface area contributed by atoms with Gasteiger partial charge in [-0.2, -0.15) is 0 Å². The molecule has 0 N–H and O–H groups in total. The van der Waals surface area contributed by atoms with Crippen LogP contribution in [0.25, 0.3) is 0 Å². The molecule has 0 aromatic carbocycles. The molecule has 0 heterocycles. The molecule has 1 aliphatic carbocycles. The maximum Gasteiger partial charge on any atom is -0.0225 e. The topological polar surface area (TPSA) is 0 Å². The fourth-order valence-electron chi connectivity index (χ4n) is 0.957. The molecule has 1 radical (unpaired) electrons. The van der Waals surface area contributed by atoms with Gasteiger partial charge in [-0.05, 0) is 25.7 Å². The quantitative estimate of drug-likeness (QED) is 0.404. The van der Waals surface area contributed by atoms with Gasteiger partial charge in [-0.1, -0.05) is 18.6 Å². The van der Waals surface area contributed by atoms with Crippen molar-refractivity contribution < 1.29 is 0 Å². The third-order valence-corrected chi connectivity index (χ3v) is 1.36. The molecule has 0 aromatic rings. The zero-order chi connectivity index (χ0) is 5.28. The van der Waals surface area contributed by atoms with Gasteiger partial charge < -0.3 is 0 Å². The lowest BCUT2D eigenvalue weighted by atomic mass is 10.2. The van der Waals surface area contributed by atoms with Crippen molar-refractivity contribution in [2.75, 3.05) is 0 Å². The Labute approximate surface area is 45.2 Å². The molecule has 7 heavy (non-hydrogen) atoms. The Bertz CT molecular complexity index is 90.2. The van der Waals surface area contributed by atoms with Crippen LogP contribution in [0.2, 0.25) is 0 Å². The van der Waals surface area contributed by atoms with E-state index in [4.69, 9.17) is 0 Å². The first-order valence-corrected chi connectivity index (χ1v) is 2.79. The third-order valence-electron chi connectivity index (χ3n) is 1.36. The van der Waals surface area contributed by atoms with E-state index >= 15 is 0 Å². The Morgan fingerprint density at radius 2 is 2.43 bits per heavy atom. The Morgan fingerprint density at radius 3 is 2.57 bits per heavy atom. The summed E-state index contributed by atoms with van der Waals surface area (Å²) in [6.07, 6.45) is 5.84. The largest absolute Gasteiger partial charge is 0.0825 e. The first kappa shape index (κ1) is 4.89. The summed E-state index contributed by atoms with van der Waals surface area (Å²) in [6, 6.07) is 0. The molecule has 1 atom stereocenters. The average Bonchev–Trinajstić information content (AvgIpc) is 1.87. The summed E-state index contributed by atoms with van der Waals surface area (Å²) in [5, 5.41) is 0.